The van der Waals surface area contributed by atoms with Crippen molar-refractivity contribution in [2.24, 2.45) is 11.8 Å². The summed E-state index contributed by atoms with van der Waals surface area (Å²) in [5.74, 6) is -0.0668. The highest BCUT2D eigenvalue weighted by molar-refractivity contribution is 5.83. The fourth-order valence-electron chi connectivity index (χ4n) is 5.35. The minimum atomic E-state index is -4.43. The van der Waals surface area contributed by atoms with Crippen LogP contribution in [0.3, 0.4) is 0 Å². The van der Waals surface area contributed by atoms with Crippen molar-refractivity contribution in [3.8, 4) is 5.75 Å². The van der Waals surface area contributed by atoms with Crippen molar-refractivity contribution in [1.29, 1.82) is 0 Å². The second-order valence-corrected chi connectivity index (χ2v) is 10.5. The van der Waals surface area contributed by atoms with Crippen molar-refractivity contribution >= 4 is 16.7 Å². The average molecular weight is 551 g/mol. The predicted octanol–water partition coefficient (Wildman–Crippen LogP) is 5.78. The van der Waals surface area contributed by atoms with Gasteiger partial charge in [-0.15, -0.1) is 0 Å². The number of imidazole rings is 1. The van der Waals surface area contributed by atoms with E-state index in [0.717, 1.165) is 36.0 Å². The molecule has 5 rings (SSSR count). The molecule has 0 spiro atoms. The molecule has 1 aliphatic heterocycles. The molecule has 9 heteroatoms. The average Bonchev–Trinajstić information content (AvgIpc) is 3.47. The number of halogens is 3. The van der Waals surface area contributed by atoms with Gasteiger partial charge in [0.25, 0.3) is 0 Å². The Kier molecular flexibility index (Phi) is 8.69. The Hall–Kier alpha value is -3.85. The minimum Gasteiger partial charge on any atom is -0.493 e. The van der Waals surface area contributed by atoms with Crippen LogP contribution in [0, 0.1) is 11.8 Å². The van der Waals surface area contributed by atoms with Gasteiger partial charge in [-0.2, -0.15) is 13.2 Å². The normalized spacial score (nSPS) is 18.1. The fourth-order valence-corrected chi connectivity index (χ4v) is 5.35. The van der Waals surface area contributed by atoms with Crippen molar-refractivity contribution < 1.29 is 22.7 Å². The maximum Gasteiger partial charge on any atom is 0.416 e. The van der Waals surface area contributed by atoms with E-state index in [-0.39, 0.29) is 30.1 Å². The molecule has 6 nitrogen and oxygen atoms in total. The number of nitrogens with one attached hydrogen (secondary N) is 1. The number of hydrogen-bond donors (Lipinski definition) is 1. The number of amides is 1. The lowest BCUT2D eigenvalue weighted by molar-refractivity contribution is -0.137. The summed E-state index contributed by atoms with van der Waals surface area (Å²) in [5.41, 5.74) is 0.414. The summed E-state index contributed by atoms with van der Waals surface area (Å²) >= 11 is 0. The van der Waals surface area contributed by atoms with E-state index in [4.69, 9.17) is 4.74 Å². The summed E-state index contributed by atoms with van der Waals surface area (Å²) in [6.07, 6.45) is 2.34. The number of likely N-dealkylation sites (tertiary alicyclic amines) is 1. The quantitative estimate of drug-likeness (QED) is 0.255. The first-order valence-corrected chi connectivity index (χ1v) is 13.6. The zero-order valence-corrected chi connectivity index (χ0v) is 22.2. The van der Waals surface area contributed by atoms with E-state index in [9.17, 15) is 18.0 Å². The molecular weight excluding hydrogens is 517 g/mol. The van der Waals surface area contributed by atoms with Crippen molar-refractivity contribution in [3.05, 3.63) is 96.6 Å². The Morgan fingerprint density at radius 2 is 1.88 bits per heavy atom. The van der Waals surface area contributed by atoms with E-state index in [1.54, 1.807) is 12.5 Å². The molecule has 210 valence electrons. The molecule has 0 unspecified atom stereocenters. The molecule has 1 aliphatic rings. The van der Waals surface area contributed by atoms with Crippen LogP contribution in [0.4, 0.5) is 13.2 Å². The summed E-state index contributed by atoms with van der Waals surface area (Å²) < 4.78 is 47.3. The number of carbonyl (C=O) groups excluding carboxylic acids is 1. The number of alkyl halides is 3. The van der Waals surface area contributed by atoms with Gasteiger partial charge in [-0.1, -0.05) is 42.5 Å². The Bertz CT molecular complexity index is 1410. The number of piperidine rings is 1. The van der Waals surface area contributed by atoms with E-state index in [1.165, 1.54) is 17.5 Å². The highest BCUT2D eigenvalue weighted by atomic mass is 19.4. The largest absolute Gasteiger partial charge is 0.493 e. The zero-order valence-electron chi connectivity index (χ0n) is 22.2. The highest BCUT2D eigenvalue weighted by Gasteiger charge is 2.33. The Labute approximate surface area is 231 Å². The summed E-state index contributed by atoms with van der Waals surface area (Å²) in [7, 11) is 0. The summed E-state index contributed by atoms with van der Waals surface area (Å²) in [6, 6.07) is 19.5. The second kappa shape index (κ2) is 12.6. The Morgan fingerprint density at radius 3 is 2.67 bits per heavy atom. The topological polar surface area (TPSA) is 59.4 Å². The monoisotopic (exact) mass is 550 g/mol. The Balaban J connectivity index is 1.24. The third-order valence-electron chi connectivity index (χ3n) is 7.30. The molecule has 0 aliphatic carbocycles. The van der Waals surface area contributed by atoms with Crippen LogP contribution in [0.2, 0.25) is 0 Å². The van der Waals surface area contributed by atoms with Crippen molar-refractivity contribution in [3.63, 3.8) is 0 Å². The molecule has 1 fully saturated rings. The number of aromatic nitrogens is 2. The van der Waals surface area contributed by atoms with Crippen LogP contribution in [-0.2, 0) is 24.1 Å². The van der Waals surface area contributed by atoms with Crippen LogP contribution in [0.5, 0.6) is 5.75 Å². The molecule has 1 amide bonds. The van der Waals surface area contributed by atoms with Gasteiger partial charge in [0.05, 0.1) is 24.4 Å². The van der Waals surface area contributed by atoms with E-state index < -0.39 is 11.7 Å². The van der Waals surface area contributed by atoms with E-state index in [1.807, 2.05) is 22.9 Å². The standard InChI is InChI=1S/C31H33F3N4O2/c32-31(33,34)28-7-3-8-29(17-28)40-21-24-16-27(30(39)36-11-4-13-37-14-12-35-22-37)20-38(19-24)18-23-9-10-25-5-1-2-6-26(25)15-23/h1-3,5-10,12,14-15,17,22,24,27H,4,11,13,16,18-21H2,(H,36,39)/t24-,27+/m0/s1. The van der Waals surface area contributed by atoms with Gasteiger partial charge in [-0.05, 0) is 53.4 Å². The van der Waals surface area contributed by atoms with Crippen LogP contribution < -0.4 is 10.1 Å². The number of fused-ring (bicyclic) bond motifs is 1. The fraction of sp³-hybridized carbons (Fsp3) is 0.355. The van der Waals surface area contributed by atoms with Gasteiger partial charge in [-0.25, -0.2) is 4.98 Å². The van der Waals surface area contributed by atoms with Gasteiger partial charge in [0, 0.05) is 51.0 Å². The number of ether oxygens (including phenoxy) is 1. The molecule has 0 saturated carbocycles. The molecule has 2 atom stereocenters. The summed E-state index contributed by atoms with van der Waals surface area (Å²) in [6.45, 7) is 3.54. The summed E-state index contributed by atoms with van der Waals surface area (Å²) in [5, 5.41) is 5.41. The molecule has 3 aromatic carbocycles. The zero-order chi connectivity index (χ0) is 28.0. The first-order valence-electron chi connectivity index (χ1n) is 13.6. The van der Waals surface area contributed by atoms with Crippen LogP contribution in [0.15, 0.2) is 85.5 Å². The van der Waals surface area contributed by atoms with Gasteiger partial charge >= 0.3 is 6.18 Å². The molecule has 0 bridgehead atoms. The lowest BCUT2D eigenvalue weighted by atomic mass is 9.88. The maximum atomic E-state index is 13.2. The van der Waals surface area contributed by atoms with Gasteiger partial charge in [0.1, 0.15) is 5.75 Å². The smallest absolute Gasteiger partial charge is 0.416 e. The number of aryl methyl sites for hydroxylation is 1. The molecular formula is C31H33F3N4O2. The first-order chi connectivity index (χ1) is 19.3. The number of nitrogens with zero attached hydrogens (tertiary/aromatic N) is 3. The maximum absolute atomic E-state index is 13.2. The van der Waals surface area contributed by atoms with E-state index >= 15 is 0 Å². The lowest BCUT2D eigenvalue weighted by Crippen LogP contribution is -2.47. The van der Waals surface area contributed by atoms with Gasteiger partial charge in [0.2, 0.25) is 5.91 Å². The third kappa shape index (κ3) is 7.41. The molecule has 0 radical (unpaired) electrons. The number of rotatable bonds is 10. The number of benzene rings is 3. The van der Waals surface area contributed by atoms with Crippen molar-refractivity contribution in [2.75, 3.05) is 26.2 Å². The van der Waals surface area contributed by atoms with Crippen molar-refractivity contribution in [1.82, 2.24) is 19.8 Å². The van der Waals surface area contributed by atoms with Crippen LogP contribution >= 0.6 is 0 Å². The van der Waals surface area contributed by atoms with Gasteiger partial charge < -0.3 is 14.6 Å². The second-order valence-electron chi connectivity index (χ2n) is 10.5. The van der Waals surface area contributed by atoms with Gasteiger partial charge in [-0.3, -0.25) is 9.69 Å². The SMILES string of the molecule is O=C(NCCCn1ccnc1)[C@@H]1C[C@H](COc2cccc(C(F)(F)F)c2)CN(Cc2ccc3ccccc3c2)C1. The lowest BCUT2D eigenvalue weighted by Gasteiger charge is -2.37. The van der Waals surface area contributed by atoms with Gasteiger partial charge in [0.15, 0.2) is 0 Å². The highest BCUT2D eigenvalue weighted by Crippen LogP contribution is 2.32. The summed E-state index contributed by atoms with van der Waals surface area (Å²) in [4.78, 5) is 19.5. The molecule has 2 heterocycles. The van der Waals surface area contributed by atoms with Crippen molar-refractivity contribution in [2.45, 2.75) is 32.1 Å². The van der Waals surface area contributed by atoms with E-state index in [2.05, 4.69) is 45.5 Å². The molecule has 40 heavy (non-hydrogen) atoms. The Morgan fingerprint density at radius 1 is 1.02 bits per heavy atom. The molecule has 1 aromatic heterocycles. The minimum absolute atomic E-state index is 0.00193. The van der Waals surface area contributed by atoms with Crippen LogP contribution in [0.1, 0.15) is 24.0 Å². The number of hydrogen-bond acceptors (Lipinski definition) is 4. The number of carbonyl (C=O) groups is 1. The third-order valence-corrected chi connectivity index (χ3v) is 7.30. The molecule has 4 aromatic rings. The molecule has 1 N–H and O–H groups in total. The van der Waals surface area contributed by atoms with E-state index in [0.29, 0.717) is 32.6 Å². The first kappa shape index (κ1) is 27.7. The molecule has 1 saturated heterocycles. The van der Waals surface area contributed by atoms with Crippen LogP contribution in [-0.4, -0.2) is 46.6 Å². The predicted molar refractivity (Wildman–Crippen MR) is 148 cm³/mol. The van der Waals surface area contributed by atoms with Crippen LogP contribution in [0.25, 0.3) is 10.8 Å².